The van der Waals surface area contributed by atoms with Gasteiger partial charge in [0.25, 0.3) is 0 Å². The number of rotatable bonds is 5. The van der Waals surface area contributed by atoms with Gasteiger partial charge in [-0.2, -0.15) is 0 Å². The number of carboxylic acid groups (broad SMARTS) is 1. The molecule has 1 aromatic carbocycles. The molecule has 0 bridgehead atoms. The lowest BCUT2D eigenvalue weighted by molar-refractivity contribution is -0.124. The molecule has 2 amide bonds. The molecule has 1 aromatic heterocycles. The molecule has 1 atom stereocenters. The first-order valence-corrected chi connectivity index (χ1v) is 12.3. The zero-order chi connectivity index (χ0) is 22.7. The Hall–Kier alpha value is -2.67. The van der Waals surface area contributed by atoms with E-state index in [2.05, 4.69) is 12.2 Å². The summed E-state index contributed by atoms with van der Waals surface area (Å²) in [5, 5.41) is 12.9. The van der Waals surface area contributed by atoms with Crippen LogP contribution in [0.2, 0.25) is 0 Å². The highest BCUT2D eigenvalue weighted by atomic mass is 32.1. The van der Waals surface area contributed by atoms with Gasteiger partial charge in [-0.1, -0.05) is 37.3 Å². The number of amides is 2. The molecule has 1 aliphatic heterocycles. The second-order valence-corrected chi connectivity index (χ2v) is 10.0. The van der Waals surface area contributed by atoms with Crippen LogP contribution in [0.25, 0.3) is 10.4 Å². The van der Waals surface area contributed by atoms with Crippen LogP contribution < -0.4 is 10.2 Å². The van der Waals surface area contributed by atoms with E-state index in [9.17, 15) is 19.5 Å². The third kappa shape index (κ3) is 4.88. The Bertz CT molecular complexity index is 979. The number of carbonyl (C=O) groups is 3. The van der Waals surface area contributed by atoms with Crippen LogP contribution in [0.1, 0.15) is 61.5 Å². The van der Waals surface area contributed by atoms with Crippen molar-refractivity contribution in [3.05, 3.63) is 41.3 Å². The van der Waals surface area contributed by atoms with Crippen LogP contribution in [0, 0.1) is 11.8 Å². The molecule has 7 heteroatoms. The Morgan fingerprint density at radius 2 is 1.78 bits per heavy atom. The van der Waals surface area contributed by atoms with Crippen molar-refractivity contribution in [1.29, 1.82) is 0 Å². The Labute approximate surface area is 192 Å². The molecule has 1 saturated heterocycles. The van der Waals surface area contributed by atoms with Gasteiger partial charge in [0.2, 0.25) is 11.8 Å². The smallest absolute Gasteiger partial charge is 0.348 e. The number of thiophene rings is 1. The maximum Gasteiger partial charge on any atom is 0.348 e. The Balaban J connectivity index is 1.75. The van der Waals surface area contributed by atoms with Gasteiger partial charge in [0.05, 0.1) is 5.69 Å². The van der Waals surface area contributed by atoms with E-state index in [1.807, 2.05) is 36.4 Å². The molecule has 6 nitrogen and oxygen atoms in total. The summed E-state index contributed by atoms with van der Waals surface area (Å²) in [5.41, 5.74) is 1.41. The van der Waals surface area contributed by atoms with E-state index in [4.69, 9.17) is 0 Å². The second kappa shape index (κ2) is 9.86. The highest BCUT2D eigenvalue weighted by Crippen LogP contribution is 2.40. The largest absolute Gasteiger partial charge is 0.477 e. The fourth-order valence-electron chi connectivity index (χ4n) is 4.82. The molecule has 1 unspecified atom stereocenters. The number of anilines is 1. The topological polar surface area (TPSA) is 86.7 Å². The van der Waals surface area contributed by atoms with E-state index in [1.54, 1.807) is 4.90 Å². The van der Waals surface area contributed by atoms with Crippen molar-refractivity contribution in [2.75, 3.05) is 11.4 Å². The molecule has 2 N–H and O–H groups in total. The monoisotopic (exact) mass is 454 g/mol. The first-order chi connectivity index (χ1) is 15.4. The van der Waals surface area contributed by atoms with Gasteiger partial charge in [-0.3, -0.25) is 9.59 Å². The molecule has 1 saturated carbocycles. The van der Waals surface area contributed by atoms with Crippen molar-refractivity contribution in [1.82, 2.24) is 5.32 Å². The summed E-state index contributed by atoms with van der Waals surface area (Å²) in [7, 11) is 0. The number of hydrogen-bond donors (Lipinski definition) is 2. The number of aromatic carboxylic acids is 1. The van der Waals surface area contributed by atoms with Crippen LogP contribution in [0.4, 0.5) is 5.69 Å². The van der Waals surface area contributed by atoms with Crippen LogP contribution in [0.15, 0.2) is 36.4 Å². The summed E-state index contributed by atoms with van der Waals surface area (Å²) in [4.78, 5) is 40.8. The van der Waals surface area contributed by atoms with E-state index >= 15 is 0 Å². The number of nitrogens with one attached hydrogen (secondary N) is 1. The summed E-state index contributed by atoms with van der Waals surface area (Å²) in [6.45, 7) is 2.71. The molecule has 2 fully saturated rings. The Kier molecular flexibility index (Phi) is 6.94. The molecule has 0 radical (unpaired) electrons. The van der Waals surface area contributed by atoms with Gasteiger partial charge < -0.3 is 15.3 Å². The van der Waals surface area contributed by atoms with Crippen LogP contribution in [-0.2, 0) is 9.59 Å². The van der Waals surface area contributed by atoms with Gasteiger partial charge in [0.15, 0.2) is 0 Å². The number of carboxylic acids is 1. The molecule has 4 rings (SSSR count). The summed E-state index contributed by atoms with van der Waals surface area (Å²) in [6, 6.07) is 11.3. The molecule has 170 valence electrons. The lowest BCUT2D eigenvalue weighted by Crippen LogP contribution is -2.45. The summed E-state index contributed by atoms with van der Waals surface area (Å²) >= 11 is 1.21. The van der Waals surface area contributed by atoms with Crippen molar-refractivity contribution in [3.63, 3.8) is 0 Å². The third-order valence-electron chi connectivity index (χ3n) is 6.70. The second-order valence-electron chi connectivity index (χ2n) is 8.99. The van der Waals surface area contributed by atoms with Crippen molar-refractivity contribution in [3.8, 4) is 10.4 Å². The van der Waals surface area contributed by atoms with Crippen LogP contribution in [0.5, 0.6) is 0 Å². The molecule has 32 heavy (non-hydrogen) atoms. The van der Waals surface area contributed by atoms with Crippen molar-refractivity contribution in [2.45, 2.75) is 57.9 Å². The van der Waals surface area contributed by atoms with Gasteiger partial charge in [-0.05, 0) is 56.1 Å². The Morgan fingerprint density at radius 3 is 2.47 bits per heavy atom. The first-order valence-electron chi connectivity index (χ1n) is 11.5. The molecule has 2 aliphatic rings. The van der Waals surface area contributed by atoms with Crippen LogP contribution in [0.3, 0.4) is 0 Å². The fraction of sp³-hybridized carbons (Fsp3) is 0.480. The molecule has 2 heterocycles. The third-order valence-corrected chi connectivity index (χ3v) is 7.86. The SMILES string of the molecule is CC1CCC(C(=O)N(c2cc(-c3ccccc3)sc2C(=O)O)C2CCNC(=O)CC2)CC1. The zero-order valence-electron chi connectivity index (χ0n) is 18.4. The Morgan fingerprint density at radius 1 is 1.06 bits per heavy atom. The van der Waals surface area contributed by atoms with Gasteiger partial charge >= 0.3 is 5.97 Å². The van der Waals surface area contributed by atoms with E-state index in [0.29, 0.717) is 37.4 Å². The highest BCUT2D eigenvalue weighted by molar-refractivity contribution is 7.18. The van der Waals surface area contributed by atoms with Gasteiger partial charge in [-0.15, -0.1) is 11.3 Å². The standard InChI is InChI=1S/C25H30N2O4S/c1-16-7-9-18(10-8-16)24(29)27(19-11-12-22(28)26-14-13-19)20-15-21(32-23(20)25(30)31)17-5-3-2-4-6-17/h2-6,15-16,18-19H,7-14H2,1H3,(H,26,28)(H,30,31). The molecular formula is C25H30N2O4S. The maximum absolute atomic E-state index is 13.9. The van der Waals surface area contributed by atoms with E-state index in [-0.39, 0.29) is 28.7 Å². The normalized spacial score (nSPS) is 23.8. The van der Waals surface area contributed by atoms with Crippen molar-refractivity contribution in [2.24, 2.45) is 11.8 Å². The maximum atomic E-state index is 13.9. The molecule has 1 aliphatic carbocycles. The summed E-state index contributed by atoms with van der Waals surface area (Å²) < 4.78 is 0. The number of carbonyl (C=O) groups excluding carboxylic acids is 2. The zero-order valence-corrected chi connectivity index (χ0v) is 19.2. The van der Waals surface area contributed by atoms with Crippen LogP contribution >= 0.6 is 11.3 Å². The number of hydrogen-bond acceptors (Lipinski definition) is 4. The summed E-state index contributed by atoms with van der Waals surface area (Å²) in [6.07, 6.45) is 5.19. The number of benzene rings is 1. The minimum Gasteiger partial charge on any atom is -0.477 e. The van der Waals surface area contributed by atoms with E-state index in [0.717, 1.165) is 36.1 Å². The van der Waals surface area contributed by atoms with Gasteiger partial charge in [-0.25, -0.2) is 4.79 Å². The lowest BCUT2D eigenvalue weighted by atomic mass is 9.82. The average Bonchev–Trinajstić information content (AvgIpc) is 3.12. The predicted molar refractivity (Wildman–Crippen MR) is 126 cm³/mol. The van der Waals surface area contributed by atoms with Crippen molar-refractivity contribution >= 4 is 34.8 Å². The quantitative estimate of drug-likeness (QED) is 0.670. The van der Waals surface area contributed by atoms with E-state index < -0.39 is 5.97 Å². The summed E-state index contributed by atoms with van der Waals surface area (Å²) in [5.74, 6) is -0.506. The van der Waals surface area contributed by atoms with E-state index in [1.165, 1.54) is 11.3 Å². The minimum atomic E-state index is -1.02. The van der Waals surface area contributed by atoms with Gasteiger partial charge in [0, 0.05) is 29.8 Å². The van der Waals surface area contributed by atoms with Crippen LogP contribution in [-0.4, -0.2) is 35.5 Å². The van der Waals surface area contributed by atoms with Gasteiger partial charge in [0.1, 0.15) is 4.88 Å². The minimum absolute atomic E-state index is 0.0103. The lowest BCUT2D eigenvalue weighted by Gasteiger charge is -2.35. The molecule has 0 spiro atoms. The van der Waals surface area contributed by atoms with Crippen molar-refractivity contribution < 1.29 is 19.5 Å². The molecule has 2 aromatic rings. The first kappa shape index (κ1) is 22.5. The predicted octanol–water partition coefficient (Wildman–Crippen LogP) is 4.94. The average molecular weight is 455 g/mol. The molecular weight excluding hydrogens is 424 g/mol. The highest BCUT2D eigenvalue weighted by Gasteiger charge is 2.36. The number of nitrogens with zero attached hydrogens (tertiary/aromatic N) is 1. The fourth-order valence-corrected chi connectivity index (χ4v) is 5.82.